The van der Waals surface area contributed by atoms with Crippen LogP contribution in [0, 0.1) is 0 Å². The molecule has 0 aliphatic carbocycles. The molecule has 0 aliphatic heterocycles. The van der Waals surface area contributed by atoms with Crippen LogP contribution in [0.3, 0.4) is 0 Å². The first-order valence-corrected chi connectivity index (χ1v) is 22.0. The van der Waals surface area contributed by atoms with Gasteiger partial charge >= 0.3 is 169 Å². The molecule has 0 unspecified atom stereocenters. The van der Waals surface area contributed by atoms with Gasteiger partial charge in [0, 0.05) is 0 Å². The van der Waals surface area contributed by atoms with Crippen molar-refractivity contribution in [3.05, 3.63) is 0 Å². The molecule has 0 spiro atoms. The van der Waals surface area contributed by atoms with Gasteiger partial charge in [-0.15, -0.1) is 0 Å². The number of alkyl halides is 1. The number of halogens is 1. The number of carbonyl (C=O) groups excluding carboxylic acids is 1. The summed E-state index contributed by atoms with van der Waals surface area (Å²) in [7, 11) is 0. The van der Waals surface area contributed by atoms with Gasteiger partial charge in [-0.1, -0.05) is 0 Å². The standard InChI is InChI=1S/4C4H9.C2H3ClO2.O.2Sn/c4*1-3-4-2;3-1-2(4)5;;;/h4*1,3-4H2,2H3;1H2,(H,4,5);;;/q;;;;;;;+1/p-1. The van der Waals surface area contributed by atoms with Crippen LogP contribution in [0.5, 0.6) is 0 Å². The molecule has 0 bridgehead atoms. The van der Waals surface area contributed by atoms with Crippen molar-refractivity contribution in [2.24, 2.45) is 0 Å². The van der Waals surface area contributed by atoms with Crippen LogP contribution in [-0.2, 0) is 9.28 Å². The predicted octanol–water partition coefficient (Wildman–Crippen LogP) is 6.42. The SMILES string of the molecule is CCC[CH2][Sn]([CH2]CCC)[O][Sn]([CH2]CCC)([CH2]CCC)[O]C(=O)CCl. The Morgan fingerprint density at radius 3 is 1.71 bits per heavy atom. The molecule has 0 aliphatic rings. The van der Waals surface area contributed by atoms with E-state index in [0.717, 1.165) is 34.6 Å². The van der Waals surface area contributed by atoms with Crippen molar-refractivity contribution in [3.8, 4) is 0 Å². The molecule has 0 aromatic heterocycles. The van der Waals surface area contributed by atoms with E-state index in [1.54, 1.807) is 0 Å². The number of unbranched alkanes of at least 4 members (excludes halogenated alkanes) is 4. The molecule has 0 saturated heterocycles. The Labute approximate surface area is 167 Å². The monoisotopic (exact) mass is 577 g/mol. The molecule has 6 heteroatoms. The van der Waals surface area contributed by atoms with E-state index in [2.05, 4.69) is 27.7 Å². The van der Waals surface area contributed by atoms with Crippen LogP contribution in [0.15, 0.2) is 0 Å². The van der Waals surface area contributed by atoms with Gasteiger partial charge in [0.2, 0.25) is 0 Å². The summed E-state index contributed by atoms with van der Waals surface area (Å²) in [5, 5.41) is 0. The quantitative estimate of drug-likeness (QED) is 0.158. The number of rotatable bonds is 16. The van der Waals surface area contributed by atoms with E-state index in [1.807, 2.05) is 0 Å². The molecule has 0 atom stereocenters. The van der Waals surface area contributed by atoms with Crippen molar-refractivity contribution in [1.82, 2.24) is 0 Å². The average Bonchev–Trinajstić information content (AvgIpc) is 2.60. The fraction of sp³-hybridized carbons (Fsp3) is 0.944. The molecule has 0 saturated carbocycles. The third-order valence-electron chi connectivity index (χ3n) is 4.18. The normalized spacial score (nSPS) is 11.9. The Bertz CT molecular complexity index is 301. The minimum absolute atomic E-state index is 0.0388. The number of hydrogen-bond donors (Lipinski definition) is 0. The summed E-state index contributed by atoms with van der Waals surface area (Å²) in [6.07, 6.45) is 9.50. The van der Waals surface area contributed by atoms with Crippen molar-refractivity contribution in [1.29, 1.82) is 0 Å². The second kappa shape index (κ2) is 16.5. The van der Waals surface area contributed by atoms with Gasteiger partial charge in [-0.2, -0.15) is 0 Å². The van der Waals surface area contributed by atoms with Crippen LogP contribution in [-0.4, -0.2) is 51.2 Å². The molecule has 0 aromatic rings. The first kappa shape index (κ1) is 25.3. The zero-order chi connectivity index (χ0) is 18.3. The second-order valence-electron chi connectivity index (χ2n) is 6.57. The van der Waals surface area contributed by atoms with Gasteiger partial charge in [0.05, 0.1) is 0 Å². The third kappa shape index (κ3) is 11.8. The molecular weight excluding hydrogens is 537 g/mol. The van der Waals surface area contributed by atoms with Crippen molar-refractivity contribution < 1.29 is 9.28 Å². The van der Waals surface area contributed by atoms with Gasteiger partial charge in [-0.3, -0.25) is 0 Å². The van der Waals surface area contributed by atoms with Crippen LogP contribution >= 0.6 is 11.6 Å². The molecule has 0 rings (SSSR count). The zero-order valence-electron chi connectivity index (χ0n) is 16.3. The van der Waals surface area contributed by atoms with E-state index in [-0.39, 0.29) is 11.8 Å². The first-order valence-electron chi connectivity index (χ1n) is 9.88. The maximum atomic E-state index is 12.0. The van der Waals surface area contributed by atoms with E-state index < -0.39 is 39.4 Å². The minimum atomic E-state index is -3.32. The summed E-state index contributed by atoms with van der Waals surface area (Å²) < 4.78 is 17.6. The summed E-state index contributed by atoms with van der Waals surface area (Å²) in [5.41, 5.74) is 0. The van der Waals surface area contributed by atoms with E-state index in [0.29, 0.717) is 0 Å². The molecule has 0 fully saturated rings. The van der Waals surface area contributed by atoms with Gasteiger partial charge < -0.3 is 0 Å². The fourth-order valence-corrected chi connectivity index (χ4v) is 37.3. The summed E-state index contributed by atoms with van der Waals surface area (Å²) in [6, 6.07) is 0. The Morgan fingerprint density at radius 2 is 1.33 bits per heavy atom. The molecule has 0 heterocycles. The maximum absolute atomic E-state index is 12.0. The average molecular weight is 575 g/mol. The molecule has 24 heavy (non-hydrogen) atoms. The molecule has 0 N–H and O–H groups in total. The second-order valence-corrected chi connectivity index (χ2v) is 25.9. The van der Waals surface area contributed by atoms with E-state index in [9.17, 15) is 4.79 Å². The Morgan fingerprint density at radius 1 is 0.875 bits per heavy atom. The Balaban J connectivity index is 5.17. The van der Waals surface area contributed by atoms with Crippen LogP contribution in [0.4, 0.5) is 0 Å². The molecule has 143 valence electrons. The van der Waals surface area contributed by atoms with E-state index in [1.165, 1.54) is 34.6 Å². The summed E-state index contributed by atoms with van der Waals surface area (Å²) in [5.74, 6) is -0.281. The fourth-order valence-electron chi connectivity index (χ4n) is 2.71. The Kier molecular flexibility index (Phi) is 17.4. The van der Waals surface area contributed by atoms with Gasteiger partial charge in [-0.25, -0.2) is 0 Å². The van der Waals surface area contributed by atoms with Crippen LogP contribution in [0.25, 0.3) is 0 Å². The van der Waals surface area contributed by atoms with E-state index in [4.69, 9.17) is 16.1 Å². The molecule has 3 nitrogen and oxygen atoms in total. The number of carbonyl (C=O) groups is 1. The molecular formula is C18H38ClO3Sn2. The molecule has 1 radical (unpaired) electrons. The zero-order valence-corrected chi connectivity index (χ0v) is 22.8. The van der Waals surface area contributed by atoms with Gasteiger partial charge in [0.1, 0.15) is 0 Å². The first-order chi connectivity index (χ1) is 11.6. The van der Waals surface area contributed by atoms with Crippen LogP contribution in [0.2, 0.25) is 17.7 Å². The third-order valence-corrected chi connectivity index (χ3v) is 32.2. The van der Waals surface area contributed by atoms with Crippen LogP contribution < -0.4 is 0 Å². The Hall–Kier alpha value is 1.32. The topological polar surface area (TPSA) is 35.5 Å². The van der Waals surface area contributed by atoms with Crippen LogP contribution in [0.1, 0.15) is 79.1 Å². The van der Waals surface area contributed by atoms with Crippen molar-refractivity contribution in [2.75, 3.05) is 5.88 Å². The van der Waals surface area contributed by atoms with Crippen molar-refractivity contribution >= 4 is 56.9 Å². The van der Waals surface area contributed by atoms with E-state index >= 15 is 0 Å². The van der Waals surface area contributed by atoms with Gasteiger partial charge in [-0.05, 0) is 0 Å². The molecule has 0 amide bonds. The van der Waals surface area contributed by atoms with Crippen molar-refractivity contribution in [2.45, 2.75) is 96.8 Å². The number of hydrogen-bond acceptors (Lipinski definition) is 3. The summed E-state index contributed by atoms with van der Waals surface area (Å²) >= 11 is 0.516. The van der Waals surface area contributed by atoms with Gasteiger partial charge in [0.25, 0.3) is 0 Å². The summed E-state index contributed by atoms with van der Waals surface area (Å²) in [6.45, 7) is 8.90. The predicted molar refractivity (Wildman–Crippen MR) is 108 cm³/mol. The summed E-state index contributed by atoms with van der Waals surface area (Å²) in [4.78, 5) is 12.0. The molecule has 0 aromatic carbocycles. The van der Waals surface area contributed by atoms with Crippen molar-refractivity contribution in [3.63, 3.8) is 0 Å². The van der Waals surface area contributed by atoms with Gasteiger partial charge in [0.15, 0.2) is 0 Å².